The first kappa shape index (κ1) is 15.3. The third-order valence-corrected chi connectivity index (χ3v) is 4.79. The van der Waals surface area contributed by atoms with Crippen LogP contribution >= 0.6 is 0 Å². The summed E-state index contributed by atoms with van der Waals surface area (Å²) in [6, 6.07) is 0. The molecule has 0 heterocycles. The molecule has 0 bridgehead atoms. The Morgan fingerprint density at radius 2 is 1.84 bits per heavy atom. The van der Waals surface area contributed by atoms with E-state index in [4.69, 9.17) is 10.5 Å². The summed E-state index contributed by atoms with van der Waals surface area (Å²) in [7, 11) is 0. The van der Waals surface area contributed by atoms with Gasteiger partial charge in [0.1, 0.15) is 0 Å². The fourth-order valence-electron chi connectivity index (χ4n) is 3.12. The fraction of sp³-hybridized carbons (Fsp3) is 1.00. The van der Waals surface area contributed by atoms with Crippen molar-refractivity contribution in [2.24, 2.45) is 17.1 Å². The summed E-state index contributed by atoms with van der Waals surface area (Å²) in [5.74, 6) is 0.888. The molecule has 0 atom stereocenters. The molecule has 2 saturated carbocycles. The molecule has 2 aliphatic rings. The van der Waals surface area contributed by atoms with Crippen LogP contribution in [-0.2, 0) is 4.74 Å². The zero-order valence-electron chi connectivity index (χ0n) is 12.5. The van der Waals surface area contributed by atoms with Crippen LogP contribution in [0.25, 0.3) is 0 Å². The molecule has 0 aromatic carbocycles. The standard InChI is InChI=1S/C16H32N2O/c17-13-16(8-3-1-2-4-9-16)14-18-10-5-11-19-12-15-6-7-15/h15,18H,1-14,17H2. The lowest BCUT2D eigenvalue weighted by Gasteiger charge is -2.31. The molecule has 3 N–H and O–H groups in total. The van der Waals surface area contributed by atoms with E-state index in [1.807, 2.05) is 0 Å². The number of hydrogen-bond acceptors (Lipinski definition) is 3. The third-order valence-electron chi connectivity index (χ3n) is 4.79. The van der Waals surface area contributed by atoms with Crippen LogP contribution < -0.4 is 11.1 Å². The van der Waals surface area contributed by atoms with E-state index in [0.29, 0.717) is 5.41 Å². The highest BCUT2D eigenvalue weighted by Gasteiger charge is 2.28. The number of rotatable bonds is 9. The monoisotopic (exact) mass is 268 g/mol. The molecule has 0 amide bonds. The van der Waals surface area contributed by atoms with Crippen LogP contribution in [0.3, 0.4) is 0 Å². The Morgan fingerprint density at radius 3 is 2.47 bits per heavy atom. The highest BCUT2D eigenvalue weighted by atomic mass is 16.5. The van der Waals surface area contributed by atoms with E-state index in [2.05, 4.69) is 5.32 Å². The smallest absolute Gasteiger partial charge is 0.0494 e. The summed E-state index contributed by atoms with van der Waals surface area (Å²) in [6.07, 6.45) is 12.1. The Morgan fingerprint density at radius 1 is 1.11 bits per heavy atom. The van der Waals surface area contributed by atoms with Crippen molar-refractivity contribution in [3.8, 4) is 0 Å². The average Bonchev–Trinajstić information content (AvgIpc) is 3.25. The Bertz CT molecular complexity index is 233. The molecule has 0 radical (unpaired) electrons. The van der Waals surface area contributed by atoms with Gasteiger partial charge in [0.15, 0.2) is 0 Å². The van der Waals surface area contributed by atoms with Gasteiger partial charge in [0.2, 0.25) is 0 Å². The minimum absolute atomic E-state index is 0.380. The van der Waals surface area contributed by atoms with Gasteiger partial charge >= 0.3 is 0 Å². The molecule has 0 aliphatic heterocycles. The third kappa shape index (κ3) is 5.80. The van der Waals surface area contributed by atoms with Crippen LogP contribution in [0.2, 0.25) is 0 Å². The molecular weight excluding hydrogens is 236 g/mol. The van der Waals surface area contributed by atoms with E-state index in [9.17, 15) is 0 Å². The van der Waals surface area contributed by atoms with Crippen molar-refractivity contribution in [3.63, 3.8) is 0 Å². The molecule has 3 nitrogen and oxygen atoms in total. The molecular formula is C16H32N2O. The summed E-state index contributed by atoms with van der Waals surface area (Å²) in [5, 5.41) is 3.62. The lowest BCUT2D eigenvalue weighted by Crippen LogP contribution is -2.40. The lowest BCUT2D eigenvalue weighted by molar-refractivity contribution is 0.121. The largest absolute Gasteiger partial charge is 0.381 e. The van der Waals surface area contributed by atoms with Gasteiger partial charge in [-0.15, -0.1) is 0 Å². The number of nitrogens with one attached hydrogen (secondary N) is 1. The number of nitrogens with two attached hydrogens (primary N) is 1. The van der Waals surface area contributed by atoms with Gasteiger partial charge in [-0.2, -0.15) is 0 Å². The van der Waals surface area contributed by atoms with Crippen molar-refractivity contribution >= 4 is 0 Å². The first-order valence-corrected chi connectivity index (χ1v) is 8.33. The predicted octanol–water partition coefficient (Wildman–Crippen LogP) is 2.69. The second-order valence-corrected chi connectivity index (χ2v) is 6.67. The zero-order valence-corrected chi connectivity index (χ0v) is 12.5. The fourth-order valence-corrected chi connectivity index (χ4v) is 3.12. The average molecular weight is 268 g/mol. The Balaban J connectivity index is 1.51. The van der Waals surface area contributed by atoms with Gasteiger partial charge < -0.3 is 15.8 Å². The molecule has 2 fully saturated rings. The van der Waals surface area contributed by atoms with Gasteiger partial charge in [0, 0.05) is 19.8 Å². The second-order valence-electron chi connectivity index (χ2n) is 6.67. The maximum absolute atomic E-state index is 6.05. The first-order chi connectivity index (χ1) is 9.35. The van der Waals surface area contributed by atoms with Crippen LogP contribution in [0.5, 0.6) is 0 Å². The molecule has 3 heteroatoms. The first-order valence-electron chi connectivity index (χ1n) is 8.33. The predicted molar refractivity (Wildman–Crippen MR) is 80.2 cm³/mol. The van der Waals surface area contributed by atoms with E-state index < -0.39 is 0 Å². The van der Waals surface area contributed by atoms with Crippen LogP contribution in [0.4, 0.5) is 0 Å². The summed E-state index contributed by atoms with van der Waals surface area (Å²) in [4.78, 5) is 0. The highest BCUT2D eigenvalue weighted by Crippen LogP contribution is 2.33. The van der Waals surface area contributed by atoms with Crippen molar-refractivity contribution in [3.05, 3.63) is 0 Å². The van der Waals surface area contributed by atoms with E-state index >= 15 is 0 Å². The zero-order chi connectivity index (χ0) is 13.4. The van der Waals surface area contributed by atoms with Crippen molar-refractivity contribution in [1.82, 2.24) is 5.32 Å². The number of hydrogen-bond donors (Lipinski definition) is 2. The lowest BCUT2D eigenvalue weighted by atomic mass is 9.80. The van der Waals surface area contributed by atoms with Gasteiger partial charge in [-0.05, 0) is 56.5 Å². The van der Waals surface area contributed by atoms with Gasteiger partial charge in [-0.3, -0.25) is 0 Å². The molecule has 19 heavy (non-hydrogen) atoms. The molecule has 0 aromatic rings. The molecule has 2 aliphatic carbocycles. The van der Waals surface area contributed by atoms with Gasteiger partial charge in [-0.25, -0.2) is 0 Å². The maximum Gasteiger partial charge on any atom is 0.0494 e. The highest BCUT2D eigenvalue weighted by molar-refractivity contribution is 4.84. The maximum atomic E-state index is 6.05. The van der Waals surface area contributed by atoms with Crippen molar-refractivity contribution < 1.29 is 4.74 Å². The molecule has 112 valence electrons. The molecule has 0 aromatic heterocycles. The van der Waals surface area contributed by atoms with E-state index in [1.54, 1.807) is 0 Å². The topological polar surface area (TPSA) is 47.3 Å². The molecule has 0 saturated heterocycles. The Hall–Kier alpha value is -0.120. The van der Waals surface area contributed by atoms with Crippen LogP contribution in [0.15, 0.2) is 0 Å². The van der Waals surface area contributed by atoms with Crippen LogP contribution in [0.1, 0.15) is 57.8 Å². The summed E-state index contributed by atoms with van der Waals surface area (Å²) >= 11 is 0. The summed E-state index contributed by atoms with van der Waals surface area (Å²) < 4.78 is 5.66. The van der Waals surface area contributed by atoms with Crippen LogP contribution in [0, 0.1) is 11.3 Å². The van der Waals surface area contributed by atoms with Crippen molar-refractivity contribution in [2.75, 3.05) is 32.8 Å². The Labute approximate surface area is 118 Å². The Kier molecular flexibility index (Phi) is 6.62. The molecule has 0 spiro atoms. The number of ether oxygens (including phenoxy) is 1. The molecule has 0 unspecified atom stereocenters. The molecule has 2 rings (SSSR count). The van der Waals surface area contributed by atoms with Gasteiger partial charge in [-0.1, -0.05) is 25.7 Å². The van der Waals surface area contributed by atoms with Gasteiger partial charge in [0.25, 0.3) is 0 Å². The van der Waals surface area contributed by atoms with E-state index in [1.165, 1.54) is 51.4 Å². The summed E-state index contributed by atoms with van der Waals surface area (Å²) in [5.41, 5.74) is 6.43. The van der Waals surface area contributed by atoms with Crippen molar-refractivity contribution in [1.29, 1.82) is 0 Å². The van der Waals surface area contributed by atoms with Crippen LogP contribution in [-0.4, -0.2) is 32.8 Å². The minimum Gasteiger partial charge on any atom is -0.381 e. The van der Waals surface area contributed by atoms with Gasteiger partial charge in [0.05, 0.1) is 0 Å². The summed E-state index contributed by atoms with van der Waals surface area (Å²) in [6.45, 7) is 4.93. The second kappa shape index (κ2) is 8.23. The SMILES string of the molecule is NCC1(CNCCCOCC2CC2)CCCCCC1. The normalized spacial score (nSPS) is 23.2. The van der Waals surface area contributed by atoms with E-state index in [-0.39, 0.29) is 0 Å². The van der Waals surface area contributed by atoms with Crippen molar-refractivity contribution in [2.45, 2.75) is 57.8 Å². The minimum atomic E-state index is 0.380. The quantitative estimate of drug-likeness (QED) is 0.499. The van der Waals surface area contributed by atoms with E-state index in [0.717, 1.165) is 45.2 Å².